The molecule has 0 saturated heterocycles. The van der Waals surface area contributed by atoms with E-state index in [1.165, 1.54) is 11.8 Å². The number of aromatic nitrogens is 2. The topological polar surface area (TPSA) is 74.8 Å². The Bertz CT molecular complexity index is 741. The molecule has 0 spiro atoms. The highest BCUT2D eigenvalue weighted by Gasteiger charge is 2.12. The van der Waals surface area contributed by atoms with Crippen molar-refractivity contribution in [3.05, 3.63) is 70.2 Å². The maximum absolute atomic E-state index is 12.2. The van der Waals surface area contributed by atoms with Crippen molar-refractivity contribution in [3.8, 4) is 0 Å². The second kappa shape index (κ2) is 8.33. The zero-order valence-corrected chi connectivity index (χ0v) is 13.8. The number of carbonyl (C=O) groups excluding carboxylic acids is 1. The number of nitrogens with zero attached hydrogens (tertiary/aromatic N) is 1. The lowest BCUT2D eigenvalue weighted by atomic mass is 10.1. The largest absolute Gasteiger partial charge is 0.352 e. The molecule has 1 heterocycles. The summed E-state index contributed by atoms with van der Waals surface area (Å²) in [5.74, 6) is 0.507. The summed E-state index contributed by atoms with van der Waals surface area (Å²) in [7, 11) is 0. The molecule has 0 radical (unpaired) electrons. The van der Waals surface area contributed by atoms with Crippen LogP contribution in [0.25, 0.3) is 0 Å². The predicted octanol–water partition coefficient (Wildman–Crippen LogP) is 2.22. The number of H-pyrrole nitrogens is 1. The molecule has 0 aliphatic rings. The minimum atomic E-state index is -0.262. The fraction of sp³-hybridized carbons (Fsp3) is 0.235. The standard InChI is InChI=1S/C17H19N3O2S/c1-3-9-18-15(21)10-14-12(2)19-17(20-16(14)22)23-11-13-7-5-4-6-8-13/h3-8H,1,9-11H2,2H3,(H,18,21)(H,19,20,22). The molecule has 0 aliphatic carbocycles. The van der Waals surface area contributed by atoms with E-state index in [4.69, 9.17) is 0 Å². The van der Waals surface area contributed by atoms with Gasteiger partial charge in [-0.2, -0.15) is 0 Å². The first kappa shape index (κ1) is 17.0. The maximum atomic E-state index is 12.2. The average Bonchev–Trinajstić information content (AvgIpc) is 2.55. The lowest BCUT2D eigenvalue weighted by molar-refractivity contribution is -0.120. The van der Waals surface area contributed by atoms with Gasteiger partial charge in [-0.05, 0) is 12.5 Å². The Morgan fingerprint density at radius 3 is 2.78 bits per heavy atom. The highest BCUT2D eigenvalue weighted by molar-refractivity contribution is 7.98. The van der Waals surface area contributed by atoms with Crippen molar-refractivity contribution in [2.45, 2.75) is 24.3 Å². The van der Waals surface area contributed by atoms with E-state index in [-0.39, 0.29) is 17.9 Å². The molecule has 0 aliphatic heterocycles. The molecule has 2 aromatic rings. The predicted molar refractivity (Wildman–Crippen MR) is 92.5 cm³/mol. The van der Waals surface area contributed by atoms with Gasteiger partial charge in [0, 0.05) is 23.6 Å². The Hall–Kier alpha value is -2.34. The van der Waals surface area contributed by atoms with Crippen molar-refractivity contribution in [1.82, 2.24) is 15.3 Å². The van der Waals surface area contributed by atoms with Gasteiger partial charge in [-0.25, -0.2) is 4.98 Å². The van der Waals surface area contributed by atoms with Crippen molar-refractivity contribution in [2.75, 3.05) is 6.54 Å². The van der Waals surface area contributed by atoms with Gasteiger partial charge >= 0.3 is 0 Å². The second-order valence-corrected chi connectivity index (χ2v) is 5.94. The van der Waals surface area contributed by atoms with Crippen LogP contribution in [-0.4, -0.2) is 22.4 Å². The number of hydrogen-bond acceptors (Lipinski definition) is 4. The van der Waals surface area contributed by atoms with Crippen LogP contribution in [0.3, 0.4) is 0 Å². The third-order valence-electron chi connectivity index (χ3n) is 3.20. The second-order valence-electron chi connectivity index (χ2n) is 4.98. The molecule has 5 nitrogen and oxygen atoms in total. The van der Waals surface area contributed by atoms with E-state index < -0.39 is 0 Å². The minimum absolute atomic E-state index is 0.0195. The summed E-state index contributed by atoms with van der Waals surface area (Å²) in [5, 5.41) is 3.22. The van der Waals surface area contributed by atoms with Gasteiger partial charge in [0.1, 0.15) is 0 Å². The van der Waals surface area contributed by atoms with Crippen molar-refractivity contribution >= 4 is 17.7 Å². The van der Waals surface area contributed by atoms with Gasteiger partial charge in [-0.3, -0.25) is 9.59 Å². The van der Waals surface area contributed by atoms with Crippen molar-refractivity contribution < 1.29 is 4.79 Å². The Morgan fingerprint density at radius 1 is 1.39 bits per heavy atom. The fourth-order valence-electron chi connectivity index (χ4n) is 2.00. The number of nitrogens with one attached hydrogen (secondary N) is 2. The van der Waals surface area contributed by atoms with E-state index in [2.05, 4.69) is 21.9 Å². The molecule has 6 heteroatoms. The number of benzene rings is 1. The number of thioether (sulfide) groups is 1. The third-order valence-corrected chi connectivity index (χ3v) is 4.14. The first-order valence-corrected chi connectivity index (χ1v) is 8.23. The summed E-state index contributed by atoms with van der Waals surface area (Å²) in [6, 6.07) is 9.96. The Balaban J connectivity index is 2.06. The van der Waals surface area contributed by atoms with Crippen molar-refractivity contribution in [2.24, 2.45) is 0 Å². The van der Waals surface area contributed by atoms with Gasteiger partial charge < -0.3 is 10.3 Å². The molecule has 1 aromatic heterocycles. The SMILES string of the molecule is C=CCNC(=O)Cc1c(C)nc(SCc2ccccc2)[nH]c1=O. The minimum Gasteiger partial charge on any atom is -0.352 e. The zero-order valence-electron chi connectivity index (χ0n) is 13.0. The Kier molecular flexibility index (Phi) is 6.17. The molecule has 0 bridgehead atoms. The first-order valence-electron chi connectivity index (χ1n) is 7.24. The van der Waals surface area contributed by atoms with Crippen LogP contribution >= 0.6 is 11.8 Å². The van der Waals surface area contributed by atoms with Crippen LogP contribution in [0, 0.1) is 6.92 Å². The van der Waals surface area contributed by atoms with Crippen LogP contribution in [0.5, 0.6) is 0 Å². The summed E-state index contributed by atoms with van der Waals surface area (Å²) in [5.41, 5.74) is 1.88. The van der Waals surface area contributed by atoms with Crippen LogP contribution in [0.4, 0.5) is 0 Å². The number of amides is 1. The number of hydrogen-bond donors (Lipinski definition) is 2. The number of rotatable bonds is 7. The fourth-order valence-corrected chi connectivity index (χ4v) is 2.86. The first-order chi connectivity index (χ1) is 11.1. The van der Waals surface area contributed by atoms with Crippen LogP contribution in [-0.2, 0) is 17.0 Å². The summed E-state index contributed by atoms with van der Waals surface area (Å²) in [6.45, 7) is 5.67. The highest BCUT2D eigenvalue weighted by atomic mass is 32.2. The number of aryl methyl sites for hydroxylation is 1. The molecule has 23 heavy (non-hydrogen) atoms. The molecule has 1 aromatic carbocycles. The molecule has 0 saturated carbocycles. The summed E-state index contributed by atoms with van der Waals surface area (Å²) >= 11 is 1.46. The maximum Gasteiger partial charge on any atom is 0.255 e. The Morgan fingerprint density at radius 2 is 2.13 bits per heavy atom. The van der Waals surface area contributed by atoms with E-state index in [1.807, 2.05) is 30.3 Å². The number of carbonyl (C=O) groups is 1. The lowest BCUT2D eigenvalue weighted by Crippen LogP contribution is -2.29. The molecule has 2 rings (SSSR count). The van der Waals surface area contributed by atoms with E-state index in [0.717, 1.165) is 11.3 Å². The van der Waals surface area contributed by atoms with Crippen LogP contribution in [0.2, 0.25) is 0 Å². The third kappa shape index (κ3) is 5.10. The lowest BCUT2D eigenvalue weighted by Gasteiger charge is -2.07. The van der Waals surface area contributed by atoms with Gasteiger partial charge in [-0.1, -0.05) is 48.2 Å². The molecule has 0 unspecified atom stereocenters. The monoisotopic (exact) mass is 329 g/mol. The highest BCUT2D eigenvalue weighted by Crippen LogP contribution is 2.18. The van der Waals surface area contributed by atoms with Gasteiger partial charge in [-0.15, -0.1) is 6.58 Å². The van der Waals surface area contributed by atoms with E-state index >= 15 is 0 Å². The number of aromatic amines is 1. The van der Waals surface area contributed by atoms with Crippen LogP contribution in [0.1, 0.15) is 16.8 Å². The van der Waals surface area contributed by atoms with Gasteiger partial charge in [0.25, 0.3) is 5.56 Å². The molecular weight excluding hydrogens is 310 g/mol. The normalized spacial score (nSPS) is 10.3. The van der Waals surface area contributed by atoms with E-state index in [9.17, 15) is 9.59 Å². The van der Waals surface area contributed by atoms with Gasteiger partial charge in [0.2, 0.25) is 5.91 Å². The van der Waals surface area contributed by atoms with Gasteiger partial charge in [0.05, 0.1) is 6.42 Å². The Labute approximate surface area is 139 Å². The van der Waals surface area contributed by atoms with Gasteiger partial charge in [0.15, 0.2) is 5.16 Å². The van der Waals surface area contributed by atoms with E-state index in [0.29, 0.717) is 23.0 Å². The molecular formula is C17H19N3O2S. The van der Waals surface area contributed by atoms with Crippen molar-refractivity contribution in [3.63, 3.8) is 0 Å². The quantitative estimate of drug-likeness (QED) is 0.464. The van der Waals surface area contributed by atoms with Crippen molar-refractivity contribution in [1.29, 1.82) is 0 Å². The molecule has 0 fully saturated rings. The molecule has 2 N–H and O–H groups in total. The van der Waals surface area contributed by atoms with E-state index in [1.54, 1.807) is 13.0 Å². The smallest absolute Gasteiger partial charge is 0.255 e. The summed E-state index contributed by atoms with van der Waals surface area (Å²) < 4.78 is 0. The summed E-state index contributed by atoms with van der Waals surface area (Å²) in [6.07, 6.45) is 1.61. The molecule has 0 atom stereocenters. The van der Waals surface area contributed by atoms with Crippen LogP contribution in [0.15, 0.2) is 52.9 Å². The summed E-state index contributed by atoms with van der Waals surface area (Å²) in [4.78, 5) is 31.0. The average molecular weight is 329 g/mol. The molecule has 120 valence electrons. The zero-order chi connectivity index (χ0) is 16.7. The molecule has 1 amide bonds. The van der Waals surface area contributed by atoms with Crippen LogP contribution < -0.4 is 10.9 Å².